The molecule has 254 valence electrons. The monoisotopic (exact) mass is 694 g/mol. The Morgan fingerprint density at radius 1 is 0.377 bits per heavy atom. The normalized spacial score (nSPS) is 11.7. The molecule has 0 radical (unpaired) electrons. The molecule has 0 fully saturated rings. The molecule has 0 spiro atoms. The number of halogens is 3. The molecule has 9 aromatic rings. The molecule has 9 rings (SSSR count). The van der Waals surface area contributed by atoms with E-state index in [2.05, 4.69) is 47.0 Å². The smallest absolute Gasteiger partial charge is 0.309 e. The summed E-state index contributed by atoms with van der Waals surface area (Å²) in [6.07, 6.45) is -4.45. The highest BCUT2D eigenvalue weighted by atomic mass is 19.4. The first kappa shape index (κ1) is 32.1. The van der Waals surface area contributed by atoms with Gasteiger partial charge in [-0.15, -0.1) is 0 Å². The van der Waals surface area contributed by atoms with Crippen molar-refractivity contribution < 1.29 is 13.2 Å². The molecule has 0 atom stereocenters. The third-order valence-corrected chi connectivity index (χ3v) is 9.51. The van der Waals surface area contributed by atoms with E-state index in [0.29, 0.717) is 34.2 Å². The summed E-state index contributed by atoms with van der Waals surface area (Å²) in [4.78, 5) is 14.9. The largest absolute Gasteiger partial charge is 0.416 e. The van der Waals surface area contributed by atoms with E-state index in [9.17, 15) is 13.2 Å². The van der Waals surface area contributed by atoms with Crippen molar-refractivity contribution in [1.82, 2.24) is 19.5 Å². The quantitative estimate of drug-likeness (QED) is 0.174. The first-order chi connectivity index (χ1) is 25.9. The van der Waals surface area contributed by atoms with Gasteiger partial charge in [-0.05, 0) is 58.7 Å². The molecule has 0 aliphatic carbocycles. The molecule has 53 heavy (non-hydrogen) atoms. The van der Waals surface area contributed by atoms with Gasteiger partial charge in [-0.25, -0.2) is 15.0 Å². The Balaban J connectivity index is 1.32. The summed E-state index contributed by atoms with van der Waals surface area (Å²) in [5.41, 5.74) is 7.97. The number of aromatic nitrogens is 4. The van der Waals surface area contributed by atoms with E-state index in [1.807, 2.05) is 109 Å². The number of hydrogen-bond acceptors (Lipinski definition) is 3. The zero-order chi connectivity index (χ0) is 35.9. The second-order valence-electron chi connectivity index (χ2n) is 12.8. The van der Waals surface area contributed by atoms with Crippen LogP contribution in [0.25, 0.3) is 83.9 Å². The molecule has 0 unspecified atom stereocenters. The lowest BCUT2D eigenvalue weighted by molar-refractivity contribution is -0.137. The predicted octanol–water partition coefficient (Wildman–Crippen LogP) is 12.3. The van der Waals surface area contributed by atoms with E-state index < -0.39 is 11.7 Å². The maximum atomic E-state index is 13.6. The van der Waals surface area contributed by atoms with Crippen molar-refractivity contribution in [2.24, 2.45) is 0 Å². The number of benzene rings is 7. The first-order valence-corrected chi connectivity index (χ1v) is 17.2. The summed E-state index contributed by atoms with van der Waals surface area (Å²) in [7, 11) is 0. The number of para-hydroxylation sites is 1. The van der Waals surface area contributed by atoms with Crippen molar-refractivity contribution in [1.29, 1.82) is 0 Å². The van der Waals surface area contributed by atoms with Crippen molar-refractivity contribution in [3.63, 3.8) is 0 Å². The van der Waals surface area contributed by atoms with Crippen LogP contribution >= 0.6 is 0 Å². The molecular weight excluding hydrogens is 666 g/mol. The fourth-order valence-corrected chi connectivity index (χ4v) is 6.93. The molecule has 2 aromatic heterocycles. The van der Waals surface area contributed by atoms with Crippen LogP contribution in [0.3, 0.4) is 0 Å². The summed E-state index contributed by atoms with van der Waals surface area (Å²) in [5, 5.41) is 2.21. The lowest BCUT2D eigenvalue weighted by Gasteiger charge is -2.16. The van der Waals surface area contributed by atoms with Crippen LogP contribution in [0.5, 0.6) is 0 Å². The van der Waals surface area contributed by atoms with Gasteiger partial charge < -0.3 is 4.57 Å². The zero-order valence-corrected chi connectivity index (χ0v) is 28.2. The van der Waals surface area contributed by atoms with Crippen LogP contribution in [0, 0.1) is 0 Å². The Bertz CT molecular complexity index is 2680. The lowest BCUT2D eigenvalue weighted by atomic mass is 9.97. The molecule has 0 saturated heterocycles. The van der Waals surface area contributed by atoms with Crippen molar-refractivity contribution in [2.45, 2.75) is 6.18 Å². The zero-order valence-electron chi connectivity index (χ0n) is 28.2. The summed E-state index contributed by atoms with van der Waals surface area (Å²) in [6, 6.07) is 55.7. The molecule has 7 heteroatoms. The summed E-state index contributed by atoms with van der Waals surface area (Å²) in [5.74, 6) is 1.38. The van der Waals surface area contributed by atoms with Crippen LogP contribution < -0.4 is 0 Å². The van der Waals surface area contributed by atoms with E-state index >= 15 is 0 Å². The van der Waals surface area contributed by atoms with Crippen molar-refractivity contribution in [3.05, 3.63) is 181 Å². The molecule has 0 N–H and O–H groups in total. The third kappa shape index (κ3) is 6.02. The van der Waals surface area contributed by atoms with Gasteiger partial charge in [-0.3, -0.25) is 0 Å². The van der Waals surface area contributed by atoms with Gasteiger partial charge in [0.25, 0.3) is 0 Å². The lowest BCUT2D eigenvalue weighted by Crippen LogP contribution is -2.04. The predicted molar refractivity (Wildman–Crippen MR) is 206 cm³/mol. The maximum absolute atomic E-state index is 13.6. The van der Waals surface area contributed by atoms with Crippen molar-refractivity contribution >= 4 is 21.8 Å². The van der Waals surface area contributed by atoms with Gasteiger partial charge in [0, 0.05) is 33.2 Å². The van der Waals surface area contributed by atoms with E-state index in [1.54, 1.807) is 0 Å². The van der Waals surface area contributed by atoms with Crippen LogP contribution in [0.15, 0.2) is 176 Å². The fraction of sp³-hybridized carbons (Fsp3) is 0.0217. The van der Waals surface area contributed by atoms with Crippen molar-refractivity contribution in [3.8, 4) is 62.1 Å². The van der Waals surface area contributed by atoms with Crippen LogP contribution in [-0.2, 0) is 6.18 Å². The third-order valence-electron chi connectivity index (χ3n) is 9.51. The second-order valence-corrected chi connectivity index (χ2v) is 12.8. The number of alkyl halides is 3. The molecule has 7 aromatic carbocycles. The molecule has 0 aliphatic rings. The van der Waals surface area contributed by atoms with E-state index in [0.717, 1.165) is 61.9 Å². The Kier molecular flexibility index (Phi) is 7.89. The van der Waals surface area contributed by atoms with E-state index in [1.165, 1.54) is 12.1 Å². The first-order valence-electron chi connectivity index (χ1n) is 17.2. The van der Waals surface area contributed by atoms with E-state index in [4.69, 9.17) is 15.0 Å². The molecule has 0 saturated carbocycles. The van der Waals surface area contributed by atoms with Crippen LogP contribution in [-0.4, -0.2) is 19.5 Å². The summed E-state index contributed by atoms with van der Waals surface area (Å²) >= 11 is 0. The standard InChI is InChI=1S/C46H29F3N4/c47-46(48,49)35-23-20-31(21-24-35)37-27-25-36(53-41-19-11-10-18-38(41)39-26-22-34(28-42(39)53)30-12-4-1-5-13-30)29-40(37)45-51-43(32-14-6-2-7-15-32)50-44(52-45)33-16-8-3-9-17-33/h1-29H. The van der Waals surface area contributed by atoms with Crippen LogP contribution in [0.2, 0.25) is 0 Å². The molecule has 0 amide bonds. The highest BCUT2D eigenvalue weighted by molar-refractivity contribution is 6.10. The Morgan fingerprint density at radius 3 is 1.53 bits per heavy atom. The second kappa shape index (κ2) is 13.0. The minimum absolute atomic E-state index is 0.403. The Labute approximate surface area is 303 Å². The van der Waals surface area contributed by atoms with Gasteiger partial charge in [0.05, 0.1) is 16.6 Å². The Morgan fingerprint density at radius 2 is 0.906 bits per heavy atom. The van der Waals surface area contributed by atoms with Gasteiger partial charge in [-0.1, -0.05) is 140 Å². The van der Waals surface area contributed by atoms with Gasteiger partial charge >= 0.3 is 6.18 Å². The van der Waals surface area contributed by atoms with E-state index in [-0.39, 0.29) is 0 Å². The molecule has 4 nitrogen and oxygen atoms in total. The van der Waals surface area contributed by atoms with Crippen LogP contribution in [0.1, 0.15) is 5.56 Å². The summed E-state index contributed by atoms with van der Waals surface area (Å²) < 4.78 is 43.2. The number of rotatable bonds is 6. The molecular formula is C46H29F3N4. The van der Waals surface area contributed by atoms with Gasteiger partial charge in [0.1, 0.15) is 0 Å². The molecule has 2 heterocycles. The van der Waals surface area contributed by atoms with Crippen LogP contribution in [0.4, 0.5) is 13.2 Å². The topological polar surface area (TPSA) is 43.6 Å². The number of nitrogens with zero attached hydrogens (tertiary/aromatic N) is 4. The minimum atomic E-state index is -4.45. The molecule has 0 aliphatic heterocycles. The van der Waals surface area contributed by atoms with Gasteiger partial charge in [-0.2, -0.15) is 13.2 Å². The average Bonchev–Trinajstić information content (AvgIpc) is 3.55. The Hall–Kier alpha value is -6.86. The minimum Gasteiger partial charge on any atom is -0.309 e. The van der Waals surface area contributed by atoms with Gasteiger partial charge in [0.15, 0.2) is 17.5 Å². The van der Waals surface area contributed by atoms with Gasteiger partial charge in [0.2, 0.25) is 0 Å². The van der Waals surface area contributed by atoms with Crippen molar-refractivity contribution in [2.75, 3.05) is 0 Å². The summed E-state index contributed by atoms with van der Waals surface area (Å²) in [6.45, 7) is 0. The molecule has 0 bridgehead atoms. The highest BCUT2D eigenvalue weighted by Gasteiger charge is 2.30. The average molecular weight is 695 g/mol. The maximum Gasteiger partial charge on any atom is 0.416 e. The fourth-order valence-electron chi connectivity index (χ4n) is 6.93. The SMILES string of the molecule is FC(F)(F)c1ccc(-c2ccc(-n3c4ccccc4c4ccc(-c5ccccc5)cc43)cc2-c2nc(-c3ccccc3)nc(-c3ccccc3)n2)cc1. The number of fused-ring (bicyclic) bond motifs is 3. The highest BCUT2D eigenvalue weighted by Crippen LogP contribution is 2.39. The number of hydrogen-bond donors (Lipinski definition) is 0.